The highest BCUT2D eigenvalue weighted by Gasteiger charge is 2.26. The Labute approximate surface area is 439 Å². The van der Waals surface area contributed by atoms with Crippen molar-refractivity contribution in [3.63, 3.8) is 0 Å². The van der Waals surface area contributed by atoms with E-state index in [2.05, 4.69) is 50.3 Å². The highest BCUT2D eigenvalue weighted by Crippen LogP contribution is 2.43. The minimum atomic E-state index is -4.38. The summed E-state index contributed by atoms with van der Waals surface area (Å²) in [5.74, 6) is -0.818. The van der Waals surface area contributed by atoms with E-state index in [1.54, 1.807) is 0 Å². The maximum atomic E-state index is 12.7. The average Bonchev–Trinajstić information content (AvgIpc) is 3.36. The summed E-state index contributed by atoms with van der Waals surface area (Å²) < 4.78 is 33.0. The van der Waals surface area contributed by atoms with Gasteiger partial charge in [-0.1, -0.05) is 262 Å². The van der Waals surface area contributed by atoms with Crippen LogP contribution >= 0.6 is 7.82 Å². The van der Waals surface area contributed by atoms with Gasteiger partial charge in [0, 0.05) is 19.4 Å². The lowest BCUT2D eigenvalue weighted by atomic mass is 10.0. The zero-order valence-electron chi connectivity index (χ0n) is 46.7. The normalized spacial score (nSPS) is 13.2. The molecular weight excluding hydrogens is 906 g/mol. The van der Waals surface area contributed by atoms with E-state index in [9.17, 15) is 19.0 Å². The fraction of sp³-hybridized carbons (Fsp3) is 0.869. The molecule has 0 saturated heterocycles. The van der Waals surface area contributed by atoms with Gasteiger partial charge in [0.1, 0.15) is 6.61 Å². The maximum absolute atomic E-state index is 12.7. The average molecular weight is 1020 g/mol. The Morgan fingerprint density at radius 3 is 1.08 bits per heavy atom. The molecule has 0 radical (unpaired) electrons. The molecule has 0 rings (SSSR count). The second-order valence-electron chi connectivity index (χ2n) is 20.6. The van der Waals surface area contributed by atoms with Crippen LogP contribution in [0.1, 0.15) is 309 Å². The lowest BCUT2D eigenvalue weighted by Crippen LogP contribution is -2.29. The number of esters is 2. The van der Waals surface area contributed by atoms with Gasteiger partial charge in [-0.05, 0) is 70.6 Å². The molecule has 0 aliphatic rings. The number of phosphoric acid groups is 1. The molecule has 0 aromatic carbocycles. The second-order valence-corrected chi connectivity index (χ2v) is 22.0. The summed E-state index contributed by atoms with van der Waals surface area (Å²) >= 11 is 0. The first-order valence-corrected chi connectivity index (χ1v) is 32.0. The Balaban J connectivity index is 3.85. The number of carbonyl (C=O) groups excluding carboxylic acids is 2. The number of allylic oxidation sites excluding steroid dienone is 6. The van der Waals surface area contributed by atoms with Gasteiger partial charge in [-0.15, -0.1) is 0 Å². The van der Waals surface area contributed by atoms with Gasteiger partial charge in [0.2, 0.25) is 0 Å². The lowest BCUT2D eigenvalue weighted by molar-refractivity contribution is -0.161. The first-order valence-electron chi connectivity index (χ1n) is 30.5. The summed E-state index contributed by atoms with van der Waals surface area (Å²) in [6.45, 7) is 3.77. The Morgan fingerprint density at radius 1 is 0.423 bits per heavy atom. The number of rotatable bonds is 58. The SMILES string of the molecule is CCCCCCC/C=C\C/C=C\CCCCCCCCCCCCCCCCCCCCCCCC(=O)OC(COC(=O)CCCCCCCCC/C=C\CCCCCCCC)COP(=O)(O)OCCN. The zero-order chi connectivity index (χ0) is 51.7. The van der Waals surface area contributed by atoms with Crippen LogP contribution in [0.2, 0.25) is 0 Å². The standard InChI is InChI=1S/C61H116NO8P/c1-3-5-7-9-11-13-15-17-19-21-22-23-24-25-26-27-28-29-30-31-32-33-34-35-36-38-40-42-44-46-48-50-52-54-61(64)70-59(58-69-71(65,66)68-56-55-62)57-67-60(63)53-51-49-47-45-43-41-39-37-20-18-16-14-12-10-8-6-4-2/h15,17-18,20-22,59H,3-14,16,19,23-58,62H2,1-2H3,(H,65,66)/b17-15-,20-18-,22-21-. The van der Waals surface area contributed by atoms with Crippen molar-refractivity contribution in [2.45, 2.75) is 315 Å². The Bertz CT molecular complexity index is 1260. The highest BCUT2D eigenvalue weighted by molar-refractivity contribution is 7.47. The molecule has 0 spiro atoms. The molecule has 0 aliphatic heterocycles. The molecule has 0 amide bonds. The summed E-state index contributed by atoms with van der Waals surface area (Å²) in [4.78, 5) is 35.2. The van der Waals surface area contributed by atoms with Crippen molar-refractivity contribution in [3.8, 4) is 0 Å². The van der Waals surface area contributed by atoms with Crippen LogP contribution in [0.4, 0.5) is 0 Å². The first-order chi connectivity index (χ1) is 34.8. The molecule has 0 bridgehead atoms. The van der Waals surface area contributed by atoms with Crippen LogP contribution in [-0.4, -0.2) is 49.3 Å². The van der Waals surface area contributed by atoms with Gasteiger partial charge in [-0.2, -0.15) is 0 Å². The number of hydrogen-bond acceptors (Lipinski definition) is 8. The van der Waals surface area contributed by atoms with Crippen LogP contribution in [-0.2, 0) is 32.7 Å². The number of nitrogens with two attached hydrogens (primary N) is 1. The Kier molecular flexibility index (Phi) is 56.1. The van der Waals surface area contributed by atoms with Crippen LogP contribution < -0.4 is 5.73 Å². The van der Waals surface area contributed by atoms with Gasteiger partial charge >= 0.3 is 19.8 Å². The lowest BCUT2D eigenvalue weighted by Gasteiger charge is -2.19. The molecule has 10 heteroatoms. The summed E-state index contributed by atoms with van der Waals surface area (Å²) in [7, 11) is -4.38. The predicted octanol–water partition coefficient (Wildman–Crippen LogP) is 19.2. The molecule has 0 heterocycles. The molecule has 0 aromatic heterocycles. The summed E-state index contributed by atoms with van der Waals surface area (Å²) in [5, 5.41) is 0. The molecule has 9 nitrogen and oxygen atoms in total. The van der Waals surface area contributed by atoms with Crippen LogP contribution in [0.15, 0.2) is 36.5 Å². The van der Waals surface area contributed by atoms with Crippen molar-refractivity contribution in [3.05, 3.63) is 36.5 Å². The van der Waals surface area contributed by atoms with E-state index in [4.69, 9.17) is 24.3 Å². The van der Waals surface area contributed by atoms with Crippen LogP contribution in [0, 0.1) is 0 Å². The quantitative estimate of drug-likeness (QED) is 0.0264. The molecule has 0 aromatic rings. The highest BCUT2D eigenvalue weighted by atomic mass is 31.2. The van der Waals surface area contributed by atoms with Gasteiger partial charge in [0.25, 0.3) is 0 Å². The van der Waals surface area contributed by atoms with Crippen molar-refractivity contribution in [1.82, 2.24) is 0 Å². The molecule has 71 heavy (non-hydrogen) atoms. The smallest absolute Gasteiger partial charge is 0.462 e. The van der Waals surface area contributed by atoms with Gasteiger partial charge in [0.15, 0.2) is 6.10 Å². The van der Waals surface area contributed by atoms with E-state index in [1.807, 2.05) is 0 Å². The molecule has 418 valence electrons. The van der Waals surface area contributed by atoms with Crippen LogP contribution in [0.3, 0.4) is 0 Å². The number of carbonyl (C=O) groups is 2. The van der Waals surface area contributed by atoms with Gasteiger partial charge < -0.3 is 20.1 Å². The molecule has 0 aliphatic carbocycles. The number of hydrogen-bond donors (Lipinski definition) is 2. The largest absolute Gasteiger partial charge is 0.472 e. The van der Waals surface area contributed by atoms with Crippen molar-refractivity contribution in [2.75, 3.05) is 26.4 Å². The van der Waals surface area contributed by atoms with E-state index < -0.39 is 26.5 Å². The fourth-order valence-electron chi connectivity index (χ4n) is 8.96. The van der Waals surface area contributed by atoms with Crippen molar-refractivity contribution in [1.29, 1.82) is 0 Å². The topological polar surface area (TPSA) is 134 Å². The molecule has 0 fully saturated rings. The van der Waals surface area contributed by atoms with Gasteiger partial charge in [-0.25, -0.2) is 4.57 Å². The molecule has 3 N–H and O–H groups in total. The summed E-state index contributed by atoms with van der Waals surface area (Å²) in [6, 6.07) is 0. The van der Waals surface area contributed by atoms with E-state index in [0.717, 1.165) is 51.4 Å². The van der Waals surface area contributed by atoms with E-state index in [1.165, 1.54) is 225 Å². The van der Waals surface area contributed by atoms with Crippen molar-refractivity contribution < 1.29 is 37.6 Å². The Hall–Kier alpha value is -1.77. The van der Waals surface area contributed by atoms with Gasteiger partial charge in [-0.3, -0.25) is 18.6 Å². The van der Waals surface area contributed by atoms with E-state index >= 15 is 0 Å². The number of unbranched alkanes of at least 4 members (excludes halogenated alkanes) is 39. The molecular formula is C61H116NO8P. The summed E-state index contributed by atoms with van der Waals surface area (Å²) in [6.07, 6.45) is 69.3. The summed E-state index contributed by atoms with van der Waals surface area (Å²) in [5.41, 5.74) is 5.38. The third-order valence-electron chi connectivity index (χ3n) is 13.5. The predicted molar refractivity (Wildman–Crippen MR) is 303 cm³/mol. The number of phosphoric ester groups is 1. The van der Waals surface area contributed by atoms with Crippen molar-refractivity contribution >= 4 is 19.8 Å². The first kappa shape index (κ1) is 69.2. The maximum Gasteiger partial charge on any atom is 0.472 e. The van der Waals surface area contributed by atoms with Crippen LogP contribution in [0.25, 0.3) is 0 Å². The Morgan fingerprint density at radius 2 is 0.732 bits per heavy atom. The van der Waals surface area contributed by atoms with E-state index in [-0.39, 0.29) is 38.6 Å². The third-order valence-corrected chi connectivity index (χ3v) is 14.5. The fourth-order valence-corrected chi connectivity index (χ4v) is 9.72. The third kappa shape index (κ3) is 57.4. The monoisotopic (exact) mass is 1020 g/mol. The van der Waals surface area contributed by atoms with Gasteiger partial charge in [0.05, 0.1) is 13.2 Å². The minimum absolute atomic E-state index is 0.0546. The molecule has 2 unspecified atom stereocenters. The second kappa shape index (κ2) is 57.5. The number of ether oxygens (including phenoxy) is 2. The van der Waals surface area contributed by atoms with E-state index in [0.29, 0.717) is 6.42 Å². The zero-order valence-corrected chi connectivity index (χ0v) is 47.6. The molecule has 0 saturated carbocycles. The van der Waals surface area contributed by atoms with Crippen LogP contribution in [0.5, 0.6) is 0 Å². The molecule has 2 atom stereocenters. The minimum Gasteiger partial charge on any atom is -0.462 e. The van der Waals surface area contributed by atoms with Crippen molar-refractivity contribution in [2.24, 2.45) is 5.73 Å².